The fraction of sp³-hybridized carbons (Fsp3) is 0.917. The summed E-state index contributed by atoms with van der Waals surface area (Å²) >= 11 is 0. The zero-order valence-corrected chi connectivity index (χ0v) is 11.0. The summed E-state index contributed by atoms with van der Waals surface area (Å²) in [5, 5.41) is 9.71. The van der Waals surface area contributed by atoms with Gasteiger partial charge in [0.15, 0.2) is 0 Å². The van der Waals surface area contributed by atoms with Crippen LogP contribution >= 0.6 is 0 Å². The van der Waals surface area contributed by atoms with Crippen LogP contribution in [0.25, 0.3) is 0 Å². The first-order valence-electron chi connectivity index (χ1n) is 5.81. The molecule has 1 fully saturated rings. The van der Waals surface area contributed by atoms with Crippen molar-refractivity contribution in [2.24, 2.45) is 11.1 Å². The Kier molecular flexibility index (Phi) is 3.12. The summed E-state index contributed by atoms with van der Waals surface area (Å²) in [7, 11) is 1.86. The normalized spacial score (nSPS) is 37.4. The molecule has 1 rings (SSSR count). The monoisotopic (exact) mass is 228 g/mol. The minimum Gasteiger partial charge on any atom is -0.480 e. The van der Waals surface area contributed by atoms with Crippen LogP contribution < -0.4 is 5.73 Å². The Bertz CT molecular complexity index is 294. The van der Waals surface area contributed by atoms with E-state index < -0.39 is 22.5 Å². The number of likely N-dealkylation sites (tertiary alicyclic amines) is 1. The van der Waals surface area contributed by atoms with Crippen molar-refractivity contribution in [2.45, 2.75) is 51.6 Å². The number of piperidine rings is 1. The Morgan fingerprint density at radius 1 is 1.44 bits per heavy atom. The van der Waals surface area contributed by atoms with Gasteiger partial charge in [-0.3, -0.25) is 9.69 Å². The van der Waals surface area contributed by atoms with Crippen LogP contribution in [0.3, 0.4) is 0 Å². The van der Waals surface area contributed by atoms with E-state index in [1.807, 2.05) is 39.6 Å². The van der Waals surface area contributed by atoms with E-state index in [-0.39, 0.29) is 0 Å². The molecule has 94 valence electrons. The van der Waals surface area contributed by atoms with Crippen LogP contribution in [-0.2, 0) is 4.79 Å². The van der Waals surface area contributed by atoms with E-state index in [0.29, 0.717) is 0 Å². The molecule has 1 aliphatic rings. The van der Waals surface area contributed by atoms with Gasteiger partial charge >= 0.3 is 5.97 Å². The van der Waals surface area contributed by atoms with Crippen LogP contribution in [0.1, 0.15) is 40.5 Å². The van der Waals surface area contributed by atoms with E-state index in [1.54, 1.807) is 0 Å². The lowest BCUT2D eigenvalue weighted by atomic mass is 9.59. The zero-order valence-electron chi connectivity index (χ0n) is 11.0. The lowest BCUT2D eigenvalue weighted by Crippen LogP contribution is -2.77. The van der Waals surface area contributed by atoms with Crippen LogP contribution in [-0.4, -0.2) is 40.6 Å². The third-order valence-electron chi connectivity index (χ3n) is 3.98. The lowest BCUT2D eigenvalue weighted by Gasteiger charge is -2.58. The summed E-state index contributed by atoms with van der Waals surface area (Å²) in [6.07, 6.45) is 1.70. The van der Waals surface area contributed by atoms with Crippen LogP contribution in [0, 0.1) is 5.41 Å². The molecule has 0 amide bonds. The number of hydrogen-bond acceptors (Lipinski definition) is 3. The van der Waals surface area contributed by atoms with Gasteiger partial charge in [0.25, 0.3) is 0 Å². The molecule has 0 radical (unpaired) electrons. The number of carbonyl (C=O) groups is 1. The Balaban J connectivity index is 3.40. The smallest absolute Gasteiger partial charge is 0.326 e. The largest absolute Gasteiger partial charge is 0.480 e. The lowest BCUT2D eigenvalue weighted by molar-refractivity contribution is -0.172. The van der Waals surface area contributed by atoms with Gasteiger partial charge in [0.2, 0.25) is 0 Å². The maximum Gasteiger partial charge on any atom is 0.326 e. The van der Waals surface area contributed by atoms with Gasteiger partial charge in [0.05, 0.1) is 0 Å². The van der Waals surface area contributed by atoms with Crippen molar-refractivity contribution in [1.29, 1.82) is 0 Å². The molecular formula is C12H24N2O2. The first-order valence-corrected chi connectivity index (χ1v) is 5.81. The van der Waals surface area contributed by atoms with E-state index in [1.165, 1.54) is 0 Å². The predicted molar refractivity (Wildman–Crippen MR) is 64.3 cm³/mol. The van der Waals surface area contributed by atoms with E-state index >= 15 is 0 Å². The summed E-state index contributed by atoms with van der Waals surface area (Å²) in [6, 6.07) is 0. The van der Waals surface area contributed by atoms with E-state index in [2.05, 4.69) is 0 Å². The molecule has 1 saturated heterocycles. The molecule has 1 heterocycles. The Hall–Kier alpha value is -0.610. The second kappa shape index (κ2) is 3.70. The topological polar surface area (TPSA) is 66.6 Å². The van der Waals surface area contributed by atoms with Gasteiger partial charge in [0, 0.05) is 5.54 Å². The number of rotatable bonds is 1. The van der Waals surface area contributed by atoms with Crippen LogP contribution in [0.4, 0.5) is 0 Å². The van der Waals surface area contributed by atoms with Gasteiger partial charge in [-0.25, -0.2) is 0 Å². The van der Waals surface area contributed by atoms with Crippen LogP contribution in [0.15, 0.2) is 0 Å². The zero-order chi connectivity index (χ0) is 12.8. The van der Waals surface area contributed by atoms with Crippen molar-refractivity contribution in [3.05, 3.63) is 0 Å². The summed E-state index contributed by atoms with van der Waals surface area (Å²) in [4.78, 5) is 13.7. The highest BCUT2D eigenvalue weighted by Crippen LogP contribution is 2.46. The van der Waals surface area contributed by atoms with E-state index in [9.17, 15) is 9.90 Å². The van der Waals surface area contributed by atoms with Crippen LogP contribution in [0.2, 0.25) is 0 Å². The first kappa shape index (κ1) is 13.5. The van der Waals surface area contributed by atoms with Crippen LogP contribution in [0.5, 0.6) is 0 Å². The van der Waals surface area contributed by atoms with Crippen molar-refractivity contribution < 1.29 is 9.90 Å². The summed E-state index contributed by atoms with van der Waals surface area (Å²) < 4.78 is 0. The average molecular weight is 228 g/mol. The fourth-order valence-electron chi connectivity index (χ4n) is 3.63. The quantitative estimate of drug-likeness (QED) is 0.710. The van der Waals surface area contributed by atoms with Crippen molar-refractivity contribution in [2.75, 3.05) is 13.6 Å². The highest BCUT2D eigenvalue weighted by molar-refractivity contribution is 5.82. The maximum absolute atomic E-state index is 11.8. The summed E-state index contributed by atoms with van der Waals surface area (Å²) in [6.45, 7) is 8.51. The number of carboxylic acid groups (broad SMARTS) is 1. The molecular weight excluding hydrogens is 204 g/mol. The van der Waals surface area contributed by atoms with Gasteiger partial charge < -0.3 is 10.8 Å². The number of nitrogens with zero attached hydrogens (tertiary/aromatic N) is 1. The molecule has 0 spiro atoms. The molecule has 0 bridgehead atoms. The fourth-order valence-corrected chi connectivity index (χ4v) is 3.63. The standard InChI is InChI=1S/C12H24N2O2/c1-10(2,3)12(9(15)16)11(4,13)7-6-8-14(12)5/h6-8,13H2,1-5H3,(H,15,16). The highest BCUT2D eigenvalue weighted by atomic mass is 16.4. The van der Waals surface area contributed by atoms with Gasteiger partial charge in [-0.1, -0.05) is 20.8 Å². The molecule has 3 N–H and O–H groups in total. The number of aliphatic carboxylic acids is 1. The van der Waals surface area contributed by atoms with Crippen molar-refractivity contribution in [3.63, 3.8) is 0 Å². The minimum atomic E-state index is -1.00. The third-order valence-corrected chi connectivity index (χ3v) is 3.98. The molecule has 16 heavy (non-hydrogen) atoms. The second-order valence-corrected chi connectivity index (χ2v) is 6.21. The van der Waals surface area contributed by atoms with Crippen molar-refractivity contribution in [3.8, 4) is 0 Å². The number of likely N-dealkylation sites (N-methyl/N-ethyl adjacent to an activating group) is 1. The molecule has 0 aromatic carbocycles. The molecule has 0 saturated carbocycles. The molecule has 0 aliphatic carbocycles. The second-order valence-electron chi connectivity index (χ2n) is 6.21. The minimum absolute atomic E-state index is 0.405. The number of carboxylic acids is 1. The number of hydrogen-bond donors (Lipinski definition) is 2. The summed E-state index contributed by atoms with van der Waals surface area (Å²) in [5.74, 6) is -0.813. The highest BCUT2D eigenvalue weighted by Gasteiger charge is 2.62. The molecule has 0 aromatic heterocycles. The predicted octanol–water partition coefficient (Wildman–Crippen LogP) is 1.30. The average Bonchev–Trinajstić information content (AvgIpc) is 1.97. The molecule has 2 atom stereocenters. The molecule has 1 aliphatic heterocycles. The van der Waals surface area contributed by atoms with Gasteiger partial charge in [-0.05, 0) is 38.8 Å². The van der Waals surface area contributed by atoms with Gasteiger partial charge in [-0.2, -0.15) is 0 Å². The molecule has 4 nitrogen and oxygen atoms in total. The number of nitrogens with two attached hydrogens (primary N) is 1. The first-order chi connectivity index (χ1) is 7.07. The molecule has 2 unspecified atom stereocenters. The van der Waals surface area contributed by atoms with Crippen molar-refractivity contribution >= 4 is 5.97 Å². The van der Waals surface area contributed by atoms with Gasteiger partial charge in [-0.15, -0.1) is 0 Å². The van der Waals surface area contributed by atoms with E-state index in [0.717, 1.165) is 19.4 Å². The summed E-state index contributed by atoms with van der Waals surface area (Å²) in [5.41, 5.74) is 4.20. The Morgan fingerprint density at radius 2 is 1.94 bits per heavy atom. The Labute approximate surface area is 97.8 Å². The SMILES string of the molecule is CN1CCCC(C)(N)C1(C(=O)O)C(C)(C)C. The Morgan fingerprint density at radius 3 is 2.19 bits per heavy atom. The van der Waals surface area contributed by atoms with E-state index in [4.69, 9.17) is 5.73 Å². The van der Waals surface area contributed by atoms with Crippen molar-refractivity contribution in [1.82, 2.24) is 4.90 Å². The molecule has 0 aromatic rings. The van der Waals surface area contributed by atoms with Gasteiger partial charge in [0.1, 0.15) is 5.54 Å². The molecule has 4 heteroatoms. The maximum atomic E-state index is 11.8. The third kappa shape index (κ3) is 1.55.